The second-order valence-electron chi connectivity index (χ2n) is 5.46. The topological polar surface area (TPSA) is 36.1 Å². The molecule has 0 bridgehead atoms. The first-order valence-corrected chi connectivity index (χ1v) is 9.32. The number of nitrogens with one attached hydrogen (secondary N) is 1. The Morgan fingerprint density at radius 1 is 1.08 bits per heavy atom. The standard InChI is InChI=1S/C20H18N2OS2/c1-2-15-8-10-16(11-9-15)21-20(24)18(22-12-4-3-5-13-22)19(23)17-7-6-14-25-17/h3-14H,2H2,1H3,(H-,21,23,24)/p+1. The lowest BCUT2D eigenvalue weighted by Crippen LogP contribution is -2.38. The number of aliphatic hydroxyl groups is 1. The van der Waals surface area contributed by atoms with Crippen LogP contribution in [0, 0.1) is 0 Å². The van der Waals surface area contributed by atoms with Gasteiger partial charge in [-0.05, 0) is 35.6 Å². The van der Waals surface area contributed by atoms with Crippen LogP contribution in [0.4, 0.5) is 5.69 Å². The summed E-state index contributed by atoms with van der Waals surface area (Å²) in [5.41, 5.74) is 2.72. The van der Waals surface area contributed by atoms with Crippen LogP contribution >= 0.6 is 23.6 Å². The lowest BCUT2D eigenvalue weighted by Gasteiger charge is -2.10. The summed E-state index contributed by atoms with van der Waals surface area (Å²) in [6, 6.07) is 17.7. The molecular formula is C20H19N2OS2+. The molecule has 0 aliphatic heterocycles. The highest BCUT2D eigenvalue weighted by molar-refractivity contribution is 7.81. The van der Waals surface area contributed by atoms with Gasteiger partial charge in [0.1, 0.15) is 0 Å². The summed E-state index contributed by atoms with van der Waals surface area (Å²) in [6.07, 6.45) is 4.73. The van der Waals surface area contributed by atoms with E-state index in [0.717, 1.165) is 17.0 Å². The van der Waals surface area contributed by atoms with Gasteiger partial charge in [0, 0.05) is 17.8 Å². The normalized spacial score (nSPS) is 11.7. The van der Waals surface area contributed by atoms with E-state index < -0.39 is 0 Å². The number of nitrogens with zero attached hydrogens (tertiary/aromatic N) is 1. The molecule has 2 heterocycles. The van der Waals surface area contributed by atoms with Gasteiger partial charge in [-0.3, -0.25) is 0 Å². The first kappa shape index (κ1) is 17.3. The smallest absolute Gasteiger partial charge is 0.289 e. The molecule has 3 rings (SSSR count). The molecule has 0 spiro atoms. The molecule has 0 aliphatic carbocycles. The fourth-order valence-corrected chi connectivity index (χ4v) is 3.43. The van der Waals surface area contributed by atoms with Crippen molar-refractivity contribution < 1.29 is 9.67 Å². The van der Waals surface area contributed by atoms with E-state index in [0.29, 0.717) is 10.7 Å². The van der Waals surface area contributed by atoms with E-state index in [-0.39, 0.29) is 5.76 Å². The van der Waals surface area contributed by atoms with Gasteiger partial charge < -0.3 is 10.4 Å². The summed E-state index contributed by atoms with van der Waals surface area (Å²) in [4.78, 5) is 1.24. The van der Waals surface area contributed by atoms with Gasteiger partial charge in [-0.2, -0.15) is 4.57 Å². The molecule has 126 valence electrons. The molecule has 5 heteroatoms. The van der Waals surface area contributed by atoms with Crippen molar-refractivity contribution in [3.8, 4) is 0 Å². The van der Waals surface area contributed by atoms with Crippen LogP contribution in [0.3, 0.4) is 0 Å². The lowest BCUT2D eigenvalue weighted by atomic mass is 10.1. The number of hydrogen-bond donors (Lipinski definition) is 2. The van der Waals surface area contributed by atoms with E-state index in [1.807, 2.05) is 64.8 Å². The van der Waals surface area contributed by atoms with Gasteiger partial charge in [0.25, 0.3) is 5.70 Å². The third kappa shape index (κ3) is 4.13. The number of rotatable bonds is 5. The van der Waals surface area contributed by atoms with Crippen molar-refractivity contribution >= 4 is 45.7 Å². The molecule has 0 saturated carbocycles. The molecule has 0 unspecified atom stereocenters. The molecule has 1 aromatic carbocycles. The summed E-state index contributed by atoms with van der Waals surface area (Å²) >= 11 is 7.08. The molecule has 0 fully saturated rings. The van der Waals surface area contributed by atoms with Crippen LogP contribution in [0.1, 0.15) is 17.4 Å². The van der Waals surface area contributed by atoms with E-state index >= 15 is 0 Å². The molecule has 2 N–H and O–H groups in total. The highest BCUT2D eigenvalue weighted by Crippen LogP contribution is 2.23. The number of aromatic nitrogens is 1. The number of pyridine rings is 1. The second-order valence-corrected chi connectivity index (χ2v) is 6.82. The zero-order chi connectivity index (χ0) is 17.6. The number of thiophene rings is 1. The van der Waals surface area contributed by atoms with E-state index in [2.05, 4.69) is 24.4 Å². The average Bonchev–Trinajstić information content (AvgIpc) is 3.18. The van der Waals surface area contributed by atoms with E-state index in [1.165, 1.54) is 16.9 Å². The van der Waals surface area contributed by atoms with Crippen LogP contribution in [-0.2, 0) is 6.42 Å². The van der Waals surface area contributed by atoms with Crippen LogP contribution in [-0.4, -0.2) is 10.1 Å². The summed E-state index contributed by atoms with van der Waals surface area (Å²) in [6.45, 7) is 2.12. The molecule has 3 aromatic rings. The zero-order valence-corrected chi connectivity index (χ0v) is 15.5. The first-order chi connectivity index (χ1) is 12.2. The number of hydrogen-bond acceptors (Lipinski definition) is 3. The van der Waals surface area contributed by atoms with Crippen LogP contribution in [0.5, 0.6) is 0 Å². The van der Waals surface area contributed by atoms with Gasteiger partial charge >= 0.3 is 0 Å². The molecule has 3 nitrogen and oxygen atoms in total. The van der Waals surface area contributed by atoms with Gasteiger partial charge in [-0.15, -0.1) is 11.3 Å². The first-order valence-electron chi connectivity index (χ1n) is 8.03. The Morgan fingerprint density at radius 3 is 2.40 bits per heavy atom. The predicted octanol–water partition coefficient (Wildman–Crippen LogP) is 4.92. The number of aliphatic hydroxyl groups excluding tert-OH is 1. The molecule has 0 radical (unpaired) electrons. The van der Waals surface area contributed by atoms with Crippen molar-refractivity contribution in [3.63, 3.8) is 0 Å². The van der Waals surface area contributed by atoms with Crippen molar-refractivity contribution in [2.24, 2.45) is 0 Å². The third-order valence-corrected chi connectivity index (χ3v) is 4.96. The van der Waals surface area contributed by atoms with Gasteiger partial charge in [-0.1, -0.05) is 43.4 Å². The van der Waals surface area contributed by atoms with Crippen LogP contribution in [0.15, 0.2) is 72.4 Å². The van der Waals surface area contributed by atoms with Crippen molar-refractivity contribution in [1.82, 2.24) is 0 Å². The SMILES string of the molecule is CCc1ccc(NC(=S)/C(=C(\O)c2cccs2)[n+]2ccccc2)cc1. The molecule has 0 atom stereocenters. The Morgan fingerprint density at radius 2 is 1.80 bits per heavy atom. The van der Waals surface area contributed by atoms with Crippen molar-refractivity contribution in [2.45, 2.75) is 13.3 Å². The monoisotopic (exact) mass is 367 g/mol. The Kier molecular flexibility index (Phi) is 5.58. The van der Waals surface area contributed by atoms with Crippen molar-refractivity contribution in [1.29, 1.82) is 0 Å². The highest BCUT2D eigenvalue weighted by Gasteiger charge is 2.24. The molecular weight excluding hydrogens is 348 g/mol. The number of anilines is 1. The summed E-state index contributed by atoms with van der Waals surface area (Å²) < 4.78 is 1.82. The fraction of sp³-hybridized carbons (Fsp3) is 0.100. The largest absolute Gasteiger partial charge is 0.501 e. The van der Waals surface area contributed by atoms with Gasteiger partial charge in [0.2, 0.25) is 5.76 Å². The van der Waals surface area contributed by atoms with Crippen LogP contribution < -0.4 is 9.88 Å². The van der Waals surface area contributed by atoms with Crippen molar-refractivity contribution in [2.75, 3.05) is 5.32 Å². The maximum Gasteiger partial charge on any atom is 0.289 e. The van der Waals surface area contributed by atoms with E-state index in [9.17, 15) is 5.11 Å². The Balaban J connectivity index is 1.96. The Bertz CT molecular complexity index is 870. The highest BCUT2D eigenvalue weighted by atomic mass is 32.1. The molecule has 2 aromatic heterocycles. The fourth-order valence-electron chi connectivity index (χ4n) is 2.44. The van der Waals surface area contributed by atoms with Gasteiger partial charge in [-0.25, -0.2) is 0 Å². The van der Waals surface area contributed by atoms with Crippen LogP contribution in [0.2, 0.25) is 0 Å². The molecule has 25 heavy (non-hydrogen) atoms. The molecule has 0 saturated heterocycles. The third-order valence-electron chi connectivity index (χ3n) is 3.79. The summed E-state index contributed by atoms with van der Waals surface area (Å²) in [5.74, 6) is 0.161. The minimum absolute atomic E-state index is 0.161. The van der Waals surface area contributed by atoms with Gasteiger partial charge in [0.05, 0.1) is 4.88 Å². The van der Waals surface area contributed by atoms with E-state index in [4.69, 9.17) is 12.2 Å². The number of benzene rings is 1. The Hall–Kier alpha value is -2.50. The number of thiocarbonyl (C=S) groups is 1. The lowest BCUT2D eigenvalue weighted by molar-refractivity contribution is -0.575. The van der Waals surface area contributed by atoms with Gasteiger partial charge in [0.15, 0.2) is 17.4 Å². The maximum absolute atomic E-state index is 10.8. The number of aryl methyl sites for hydroxylation is 1. The minimum atomic E-state index is 0.161. The van der Waals surface area contributed by atoms with Crippen molar-refractivity contribution in [3.05, 3.63) is 82.8 Å². The molecule has 0 amide bonds. The maximum atomic E-state index is 10.8. The Labute approximate surface area is 156 Å². The summed E-state index contributed by atoms with van der Waals surface area (Å²) in [7, 11) is 0. The minimum Gasteiger partial charge on any atom is -0.501 e. The van der Waals surface area contributed by atoms with Crippen LogP contribution in [0.25, 0.3) is 11.5 Å². The average molecular weight is 368 g/mol. The van der Waals surface area contributed by atoms with E-state index in [1.54, 1.807) is 0 Å². The predicted molar refractivity (Wildman–Crippen MR) is 109 cm³/mol. The summed E-state index contributed by atoms with van der Waals surface area (Å²) in [5, 5.41) is 16.0. The second kappa shape index (κ2) is 8.05. The quantitative estimate of drug-likeness (QED) is 0.291. The zero-order valence-electron chi connectivity index (χ0n) is 13.8. The molecule has 0 aliphatic rings.